The molecule has 2 heterocycles. The van der Waals surface area contributed by atoms with Crippen molar-refractivity contribution in [2.45, 2.75) is 25.8 Å². The van der Waals surface area contributed by atoms with Crippen LogP contribution in [0.15, 0.2) is 12.1 Å². The van der Waals surface area contributed by atoms with Crippen molar-refractivity contribution < 1.29 is 9.72 Å². The molecule has 1 amide bonds. The highest BCUT2D eigenvalue weighted by molar-refractivity contribution is 5.85. The number of anilines is 2. The number of piperidine rings is 1. The Morgan fingerprint density at radius 2 is 2.35 bits per heavy atom. The van der Waals surface area contributed by atoms with Gasteiger partial charge in [-0.1, -0.05) is 0 Å². The lowest BCUT2D eigenvalue weighted by molar-refractivity contribution is -0.384. The third kappa shape index (κ3) is 3.14. The van der Waals surface area contributed by atoms with Crippen LogP contribution < -0.4 is 16.0 Å². The summed E-state index contributed by atoms with van der Waals surface area (Å²) >= 11 is 0. The minimum absolute atomic E-state index is 0.121. The molecule has 1 aliphatic rings. The van der Waals surface area contributed by atoms with E-state index in [1.54, 1.807) is 6.07 Å². The van der Waals surface area contributed by atoms with Gasteiger partial charge in [-0.3, -0.25) is 14.9 Å². The molecule has 0 spiro atoms. The second-order valence-electron chi connectivity index (χ2n) is 4.48. The fraction of sp³-hybridized carbons (Fsp3) is 0.500. The first-order valence-corrected chi connectivity index (χ1v) is 6.55. The van der Waals surface area contributed by atoms with Gasteiger partial charge in [0.15, 0.2) is 0 Å². The second kappa shape index (κ2) is 6.18. The van der Waals surface area contributed by atoms with Crippen LogP contribution >= 0.6 is 0 Å². The number of pyridine rings is 1. The molecule has 3 N–H and O–H groups in total. The van der Waals surface area contributed by atoms with Gasteiger partial charge in [0.1, 0.15) is 11.9 Å². The second-order valence-corrected chi connectivity index (χ2v) is 4.48. The lowest BCUT2D eigenvalue weighted by Crippen LogP contribution is -2.44. The summed E-state index contributed by atoms with van der Waals surface area (Å²) in [6.07, 6.45) is 1.47. The Balaban J connectivity index is 2.24. The van der Waals surface area contributed by atoms with Gasteiger partial charge in [-0.2, -0.15) is 0 Å². The van der Waals surface area contributed by atoms with Crippen LogP contribution in [0.25, 0.3) is 0 Å². The number of carbonyl (C=O) groups excluding carboxylic acids is 1. The van der Waals surface area contributed by atoms with E-state index in [4.69, 9.17) is 0 Å². The van der Waals surface area contributed by atoms with Crippen molar-refractivity contribution in [3.8, 4) is 0 Å². The van der Waals surface area contributed by atoms with Gasteiger partial charge in [-0.15, -0.1) is 0 Å². The highest BCUT2D eigenvalue weighted by atomic mass is 16.6. The van der Waals surface area contributed by atoms with E-state index < -0.39 is 11.0 Å². The van der Waals surface area contributed by atoms with Gasteiger partial charge in [0.05, 0.1) is 4.92 Å². The Morgan fingerprint density at radius 3 is 3.00 bits per heavy atom. The summed E-state index contributed by atoms with van der Waals surface area (Å²) in [5.41, 5.74) is -0.134. The van der Waals surface area contributed by atoms with Crippen molar-refractivity contribution >= 4 is 23.2 Å². The molecule has 0 bridgehead atoms. The summed E-state index contributed by atoms with van der Waals surface area (Å²) in [7, 11) is 0. The molecule has 20 heavy (non-hydrogen) atoms. The zero-order valence-electron chi connectivity index (χ0n) is 11.2. The van der Waals surface area contributed by atoms with Gasteiger partial charge in [-0.25, -0.2) is 4.98 Å². The molecule has 0 aliphatic carbocycles. The number of nitrogens with zero attached hydrogens (tertiary/aromatic N) is 2. The van der Waals surface area contributed by atoms with E-state index >= 15 is 0 Å². The third-order valence-corrected chi connectivity index (χ3v) is 3.02. The normalized spacial score (nSPS) is 18.2. The minimum Gasteiger partial charge on any atom is -0.370 e. The predicted octanol–water partition coefficient (Wildman–Crippen LogP) is 1.11. The van der Waals surface area contributed by atoms with Crippen LogP contribution in [0.3, 0.4) is 0 Å². The Hall–Kier alpha value is -2.38. The van der Waals surface area contributed by atoms with Crippen molar-refractivity contribution in [2.24, 2.45) is 0 Å². The van der Waals surface area contributed by atoms with Gasteiger partial charge in [0.25, 0.3) is 0 Å². The minimum atomic E-state index is -0.508. The number of rotatable bonds is 5. The van der Waals surface area contributed by atoms with Crippen LogP contribution in [-0.2, 0) is 4.79 Å². The number of nitrogens with one attached hydrogen (secondary N) is 3. The van der Waals surface area contributed by atoms with Gasteiger partial charge in [-0.05, 0) is 25.8 Å². The number of nitro groups is 1. The Labute approximate surface area is 116 Å². The highest BCUT2D eigenvalue weighted by Gasteiger charge is 2.25. The maximum absolute atomic E-state index is 11.7. The summed E-state index contributed by atoms with van der Waals surface area (Å²) in [5.74, 6) is 0.508. The first kappa shape index (κ1) is 14.0. The van der Waals surface area contributed by atoms with Crippen molar-refractivity contribution in [1.29, 1.82) is 0 Å². The van der Waals surface area contributed by atoms with Gasteiger partial charge < -0.3 is 16.0 Å². The summed E-state index contributed by atoms with van der Waals surface area (Å²) < 4.78 is 0. The number of aromatic nitrogens is 1. The fourth-order valence-corrected chi connectivity index (χ4v) is 2.06. The zero-order valence-corrected chi connectivity index (χ0v) is 11.2. The van der Waals surface area contributed by atoms with Crippen LogP contribution in [0, 0.1) is 10.1 Å². The van der Waals surface area contributed by atoms with E-state index in [1.165, 1.54) is 6.07 Å². The van der Waals surface area contributed by atoms with Crippen molar-refractivity contribution in [2.75, 3.05) is 23.7 Å². The highest BCUT2D eigenvalue weighted by Crippen LogP contribution is 2.25. The van der Waals surface area contributed by atoms with Crippen LogP contribution in [0.4, 0.5) is 17.3 Å². The number of hydrogen-bond donors (Lipinski definition) is 3. The largest absolute Gasteiger partial charge is 0.370 e. The predicted molar refractivity (Wildman–Crippen MR) is 74.7 cm³/mol. The average molecular weight is 279 g/mol. The molecule has 0 aromatic carbocycles. The Kier molecular flexibility index (Phi) is 4.34. The molecule has 8 nitrogen and oxygen atoms in total. The van der Waals surface area contributed by atoms with E-state index in [0.29, 0.717) is 25.3 Å². The molecular formula is C12H17N5O3. The first-order chi connectivity index (χ1) is 9.61. The summed E-state index contributed by atoms with van der Waals surface area (Å²) in [6, 6.07) is 2.45. The summed E-state index contributed by atoms with van der Waals surface area (Å²) in [4.78, 5) is 26.4. The van der Waals surface area contributed by atoms with E-state index in [-0.39, 0.29) is 17.4 Å². The van der Waals surface area contributed by atoms with Crippen molar-refractivity contribution in [3.63, 3.8) is 0 Å². The molecule has 1 aromatic rings. The van der Waals surface area contributed by atoms with Gasteiger partial charge in [0.2, 0.25) is 11.7 Å². The molecule has 108 valence electrons. The summed E-state index contributed by atoms with van der Waals surface area (Å²) in [6.45, 7) is 3.21. The van der Waals surface area contributed by atoms with Gasteiger partial charge >= 0.3 is 5.69 Å². The first-order valence-electron chi connectivity index (χ1n) is 6.55. The van der Waals surface area contributed by atoms with E-state index in [9.17, 15) is 14.9 Å². The summed E-state index contributed by atoms with van der Waals surface area (Å²) in [5, 5.41) is 19.6. The van der Waals surface area contributed by atoms with Gasteiger partial charge in [0, 0.05) is 19.2 Å². The molecule has 1 unspecified atom stereocenters. The van der Waals surface area contributed by atoms with Crippen LogP contribution in [-0.4, -0.2) is 34.9 Å². The fourth-order valence-electron chi connectivity index (χ4n) is 2.06. The van der Waals surface area contributed by atoms with Crippen molar-refractivity contribution in [3.05, 3.63) is 22.2 Å². The molecular weight excluding hydrogens is 262 g/mol. The smallest absolute Gasteiger partial charge is 0.311 e. The van der Waals surface area contributed by atoms with E-state index in [1.807, 2.05) is 6.92 Å². The molecule has 2 rings (SSSR count). The average Bonchev–Trinajstić information content (AvgIpc) is 2.42. The monoisotopic (exact) mass is 279 g/mol. The van der Waals surface area contributed by atoms with E-state index in [2.05, 4.69) is 20.9 Å². The van der Waals surface area contributed by atoms with Crippen LogP contribution in [0.1, 0.15) is 19.8 Å². The quantitative estimate of drug-likeness (QED) is 0.550. The van der Waals surface area contributed by atoms with Crippen LogP contribution in [0.2, 0.25) is 0 Å². The Bertz CT molecular complexity index is 520. The maximum atomic E-state index is 11.7. The standard InChI is InChI=1S/C12H17N5O3/c1-2-13-10-6-5-9(17(19)20)11(16-10)15-8-4-3-7-14-12(8)18/h5-6,8H,2-4,7H2,1H3,(H,14,18)(H2,13,15,16). The number of hydrogen-bond acceptors (Lipinski definition) is 6. The molecule has 8 heteroatoms. The lowest BCUT2D eigenvalue weighted by Gasteiger charge is -2.23. The zero-order chi connectivity index (χ0) is 14.5. The molecule has 1 atom stereocenters. The molecule has 1 aromatic heterocycles. The van der Waals surface area contributed by atoms with Crippen molar-refractivity contribution in [1.82, 2.24) is 10.3 Å². The molecule has 0 radical (unpaired) electrons. The lowest BCUT2D eigenvalue weighted by atomic mass is 10.1. The third-order valence-electron chi connectivity index (χ3n) is 3.02. The number of amides is 1. The van der Waals surface area contributed by atoms with Crippen LogP contribution in [0.5, 0.6) is 0 Å². The molecule has 1 saturated heterocycles. The SMILES string of the molecule is CCNc1ccc([N+](=O)[O-])c(NC2CCCNC2=O)n1. The van der Waals surface area contributed by atoms with E-state index in [0.717, 1.165) is 6.42 Å². The topological polar surface area (TPSA) is 109 Å². The molecule has 1 aliphatic heterocycles. The Morgan fingerprint density at radius 1 is 1.55 bits per heavy atom. The molecule has 1 fully saturated rings. The number of carbonyl (C=O) groups is 1. The molecule has 0 saturated carbocycles. The maximum Gasteiger partial charge on any atom is 0.311 e.